The molecular weight excluding hydrogens is 408 g/mol. The van der Waals surface area contributed by atoms with E-state index in [0.717, 1.165) is 0 Å². The van der Waals surface area contributed by atoms with E-state index in [2.05, 4.69) is 0 Å². The van der Waals surface area contributed by atoms with Crippen LogP contribution in [0.2, 0.25) is 0 Å². The molecule has 0 aromatic carbocycles. The molecule has 14 nitrogen and oxygen atoms in total. The summed E-state index contributed by atoms with van der Waals surface area (Å²) in [7, 11) is 0. The fourth-order valence-corrected chi connectivity index (χ4v) is 1.32. The average Bonchev–Trinajstić information content (AvgIpc) is 2.62. The van der Waals surface area contributed by atoms with Crippen LogP contribution in [0, 0.1) is 0 Å². The molecule has 0 bridgehead atoms. The minimum atomic E-state index is -2.31. The molecule has 15 heteroatoms. The van der Waals surface area contributed by atoms with E-state index in [-0.39, 0.29) is 37.7 Å². The number of carbonyl (C=O) groups is 2. The van der Waals surface area contributed by atoms with Gasteiger partial charge in [-0.05, 0) is 0 Å². The summed E-state index contributed by atoms with van der Waals surface area (Å²) in [5.41, 5.74) is 0. The first-order valence-corrected chi connectivity index (χ1v) is 6.91. The Bertz CT molecular complexity index is 385. The monoisotopic (exact) mass is 430 g/mol. The van der Waals surface area contributed by atoms with Crippen molar-refractivity contribution in [3.8, 4) is 0 Å². The molecular formula is C12H22CaO14. The Balaban J connectivity index is -0.000000411. The molecule has 27 heavy (non-hydrogen) atoms. The Labute approximate surface area is 182 Å². The van der Waals surface area contributed by atoms with Gasteiger partial charge in [0.15, 0.2) is 0 Å². The fraction of sp³-hybridized carbons (Fsp3) is 0.833. The van der Waals surface area contributed by atoms with Gasteiger partial charge in [-0.1, -0.05) is 0 Å². The fourth-order valence-electron chi connectivity index (χ4n) is 1.32. The molecule has 0 aliphatic heterocycles. The molecule has 0 saturated heterocycles. The van der Waals surface area contributed by atoms with Crippen LogP contribution in [-0.2, 0) is 9.59 Å². The van der Waals surface area contributed by atoms with E-state index in [1.54, 1.807) is 0 Å². The van der Waals surface area contributed by atoms with Crippen molar-refractivity contribution in [3.05, 3.63) is 0 Å². The van der Waals surface area contributed by atoms with Gasteiger partial charge in [-0.15, -0.1) is 0 Å². The van der Waals surface area contributed by atoms with Crippen LogP contribution in [-0.4, -0.2) is 163 Å². The summed E-state index contributed by atoms with van der Waals surface area (Å²) in [5, 5.41) is 107. The Morgan fingerprint density at radius 3 is 0.963 bits per heavy atom. The third-order valence-electron chi connectivity index (χ3n) is 2.99. The van der Waals surface area contributed by atoms with Crippen LogP contribution in [0.3, 0.4) is 0 Å². The summed E-state index contributed by atoms with van der Waals surface area (Å²) in [4.78, 5) is 20.0. The molecule has 4 unspecified atom stereocenters. The van der Waals surface area contributed by atoms with Crippen molar-refractivity contribution in [2.75, 3.05) is 13.2 Å². The van der Waals surface area contributed by atoms with Gasteiger partial charge in [0, 0.05) is 0 Å². The zero-order valence-corrected chi connectivity index (χ0v) is 16.1. The minimum Gasteiger partial charge on any atom is -0.547 e. The number of aliphatic hydroxyl groups is 10. The van der Waals surface area contributed by atoms with Crippen molar-refractivity contribution >= 4 is 49.7 Å². The number of hydrogen-bond donors (Lipinski definition) is 10. The van der Waals surface area contributed by atoms with Gasteiger partial charge in [0.1, 0.15) is 48.8 Å². The third-order valence-corrected chi connectivity index (χ3v) is 2.99. The second-order valence-corrected chi connectivity index (χ2v) is 4.99. The molecule has 10 N–H and O–H groups in total. The van der Waals surface area contributed by atoms with Gasteiger partial charge in [-0.2, -0.15) is 0 Å². The molecule has 0 fully saturated rings. The largest absolute Gasteiger partial charge is 2.00 e. The molecule has 0 aliphatic rings. The maximum Gasteiger partial charge on any atom is 2.00 e. The predicted molar refractivity (Wildman–Crippen MR) is 78.0 cm³/mol. The van der Waals surface area contributed by atoms with Crippen LogP contribution in [0.5, 0.6) is 0 Å². The van der Waals surface area contributed by atoms with Gasteiger partial charge in [0.25, 0.3) is 0 Å². The Morgan fingerprint density at radius 1 is 0.593 bits per heavy atom. The number of carbonyl (C=O) groups excluding carboxylic acids is 2. The van der Waals surface area contributed by atoms with Crippen molar-refractivity contribution < 1.29 is 70.9 Å². The first-order chi connectivity index (χ1) is 11.8. The van der Waals surface area contributed by atoms with Gasteiger partial charge < -0.3 is 70.9 Å². The predicted octanol–water partition coefficient (Wildman–Crippen LogP) is -10.0. The quantitative estimate of drug-likeness (QED) is 0.144. The van der Waals surface area contributed by atoms with E-state index in [1.165, 1.54) is 0 Å². The van der Waals surface area contributed by atoms with Crippen molar-refractivity contribution in [3.63, 3.8) is 0 Å². The first kappa shape index (κ1) is 31.5. The van der Waals surface area contributed by atoms with Crippen LogP contribution in [0.4, 0.5) is 0 Å². The Morgan fingerprint density at radius 2 is 0.815 bits per heavy atom. The molecule has 156 valence electrons. The summed E-state index contributed by atoms with van der Waals surface area (Å²) < 4.78 is 0. The molecule has 0 aliphatic carbocycles. The number of rotatable bonds is 10. The Kier molecular flexibility index (Phi) is 18.3. The first-order valence-electron chi connectivity index (χ1n) is 6.91. The number of carboxylic acids is 2. The van der Waals surface area contributed by atoms with E-state index in [1.807, 2.05) is 0 Å². The smallest absolute Gasteiger partial charge is 0.547 e. The number of aliphatic hydroxyl groups excluding tert-OH is 10. The summed E-state index contributed by atoms with van der Waals surface area (Å²) in [6.45, 7) is -1.73. The molecule has 0 saturated carbocycles. The van der Waals surface area contributed by atoms with Crippen LogP contribution in [0.1, 0.15) is 0 Å². The summed E-state index contributed by atoms with van der Waals surface area (Å²) in [6.07, 6.45) is -16.2. The van der Waals surface area contributed by atoms with E-state index < -0.39 is 74.0 Å². The minimum absolute atomic E-state index is 0. The van der Waals surface area contributed by atoms with Crippen LogP contribution >= 0.6 is 0 Å². The molecule has 0 heterocycles. The summed E-state index contributed by atoms with van der Waals surface area (Å²) in [6, 6.07) is 0. The van der Waals surface area contributed by atoms with Crippen LogP contribution < -0.4 is 10.2 Å². The van der Waals surface area contributed by atoms with E-state index in [4.69, 9.17) is 51.1 Å². The maximum atomic E-state index is 9.98. The van der Waals surface area contributed by atoms with E-state index >= 15 is 0 Å². The normalized spacial score (nSPS) is 19.6. The topological polar surface area (TPSA) is 283 Å². The molecule has 0 aromatic heterocycles. The summed E-state index contributed by atoms with van der Waals surface area (Å²) in [5.74, 6) is -3.95. The molecule has 0 aromatic rings. The Hall–Kier alpha value is -0.200. The van der Waals surface area contributed by atoms with Crippen molar-refractivity contribution in [1.82, 2.24) is 0 Å². The zero-order valence-electron chi connectivity index (χ0n) is 13.8. The van der Waals surface area contributed by atoms with E-state index in [0.29, 0.717) is 0 Å². The maximum absolute atomic E-state index is 9.98. The van der Waals surface area contributed by atoms with Crippen molar-refractivity contribution in [2.45, 2.75) is 48.8 Å². The van der Waals surface area contributed by atoms with Gasteiger partial charge in [0.05, 0.1) is 25.2 Å². The molecule has 0 amide bonds. The average molecular weight is 430 g/mol. The molecule has 8 atom stereocenters. The second-order valence-electron chi connectivity index (χ2n) is 4.99. The van der Waals surface area contributed by atoms with Crippen molar-refractivity contribution in [2.24, 2.45) is 0 Å². The number of aliphatic carboxylic acids is 2. The molecule has 0 rings (SSSR count). The second kappa shape index (κ2) is 15.7. The van der Waals surface area contributed by atoms with Gasteiger partial charge >= 0.3 is 37.7 Å². The third kappa shape index (κ3) is 11.4. The van der Waals surface area contributed by atoms with Crippen molar-refractivity contribution in [1.29, 1.82) is 0 Å². The van der Waals surface area contributed by atoms with Crippen LogP contribution in [0.25, 0.3) is 0 Å². The standard InChI is InChI=1S/2C6H12O7.Ca/c2*7-1-2(8)3(9)4(10)5(11)6(12)13;/h2*2-5,7-11H,1H2,(H,12,13);/q;;+2/p-2/t2-,3-,4+,5-;;/m1../s1. The number of carboxylic acid groups (broad SMARTS) is 2. The van der Waals surface area contributed by atoms with Gasteiger partial charge in [-0.25, -0.2) is 0 Å². The SMILES string of the molecule is O=C([O-])C(O)C(O)C(O)C(O)CO.O=C([O-])[C@H](O)[C@@H](O)[C@H](O)[C@H](O)CO.[Ca+2]. The molecule has 0 radical (unpaired) electrons. The van der Waals surface area contributed by atoms with E-state index in [9.17, 15) is 19.8 Å². The van der Waals surface area contributed by atoms with Gasteiger partial charge in [0.2, 0.25) is 0 Å². The summed E-state index contributed by atoms with van der Waals surface area (Å²) >= 11 is 0. The molecule has 0 spiro atoms. The van der Waals surface area contributed by atoms with Crippen LogP contribution in [0.15, 0.2) is 0 Å². The zero-order chi connectivity index (χ0) is 21.2. The number of hydrogen-bond acceptors (Lipinski definition) is 14. The van der Waals surface area contributed by atoms with Gasteiger partial charge in [-0.3, -0.25) is 0 Å².